The molecule has 0 spiro atoms. The van der Waals surface area contributed by atoms with Crippen LogP contribution < -0.4 is 11.1 Å². The second-order valence-corrected chi connectivity index (χ2v) is 4.58. The van der Waals surface area contributed by atoms with Gasteiger partial charge >= 0.3 is 0 Å². The average molecular weight is 303 g/mol. The lowest BCUT2D eigenvalue weighted by atomic mass is 10.1. The fraction of sp³-hybridized carbons (Fsp3) is 0.273. The summed E-state index contributed by atoms with van der Waals surface area (Å²) in [7, 11) is 0. The van der Waals surface area contributed by atoms with Gasteiger partial charge in [-0.15, -0.1) is 0 Å². The molecule has 0 saturated carbocycles. The third-order valence-corrected chi connectivity index (χ3v) is 2.55. The van der Waals surface area contributed by atoms with E-state index in [1.807, 2.05) is 0 Å². The van der Waals surface area contributed by atoms with Crippen LogP contribution in [0.1, 0.15) is 23.7 Å². The summed E-state index contributed by atoms with van der Waals surface area (Å²) in [6.45, 7) is 1.62. The number of carbonyl (C=O) groups excluding carboxylic acids is 2. The molecule has 0 fully saturated rings. The van der Waals surface area contributed by atoms with Crippen LogP contribution in [-0.4, -0.2) is 17.9 Å². The SMILES string of the molecule is CC(CC(N)=O)NC(=O)c1cc(Br)ccc1F. The van der Waals surface area contributed by atoms with Gasteiger partial charge in [0.15, 0.2) is 0 Å². The van der Waals surface area contributed by atoms with Crippen molar-refractivity contribution in [3.63, 3.8) is 0 Å². The van der Waals surface area contributed by atoms with E-state index in [0.717, 1.165) is 0 Å². The fourth-order valence-corrected chi connectivity index (χ4v) is 1.69. The first kappa shape index (κ1) is 13.6. The molecule has 3 N–H and O–H groups in total. The Bertz CT molecular complexity index is 451. The van der Waals surface area contributed by atoms with E-state index in [4.69, 9.17) is 5.73 Å². The van der Waals surface area contributed by atoms with Gasteiger partial charge in [-0.05, 0) is 25.1 Å². The largest absolute Gasteiger partial charge is 0.370 e. The van der Waals surface area contributed by atoms with Gasteiger partial charge in [-0.1, -0.05) is 15.9 Å². The van der Waals surface area contributed by atoms with Crippen molar-refractivity contribution in [3.05, 3.63) is 34.1 Å². The molecule has 17 heavy (non-hydrogen) atoms. The van der Waals surface area contributed by atoms with Crippen molar-refractivity contribution in [1.29, 1.82) is 0 Å². The number of hydrogen-bond donors (Lipinski definition) is 2. The van der Waals surface area contributed by atoms with Gasteiger partial charge in [-0.25, -0.2) is 4.39 Å². The molecule has 92 valence electrons. The predicted octanol–water partition coefficient (Wildman–Crippen LogP) is 1.58. The molecule has 0 aromatic heterocycles. The molecule has 6 heteroatoms. The smallest absolute Gasteiger partial charge is 0.254 e. The highest BCUT2D eigenvalue weighted by Gasteiger charge is 2.15. The second-order valence-electron chi connectivity index (χ2n) is 3.67. The lowest BCUT2D eigenvalue weighted by molar-refractivity contribution is -0.118. The van der Waals surface area contributed by atoms with E-state index in [1.165, 1.54) is 18.2 Å². The van der Waals surface area contributed by atoms with E-state index in [-0.39, 0.29) is 12.0 Å². The van der Waals surface area contributed by atoms with Crippen molar-refractivity contribution in [3.8, 4) is 0 Å². The molecule has 0 heterocycles. The van der Waals surface area contributed by atoms with Crippen molar-refractivity contribution < 1.29 is 14.0 Å². The minimum absolute atomic E-state index is 0.0152. The monoisotopic (exact) mass is 302 g/mol. The highest BCUT2D eigenvalue weighted by Crippen LogP contribution is 2.15. The number of rotatable bonds is 4. The molecule has 1 unspecified atom stereocenters. The standard InChI is InChI=1S/C11H12BrFN2O2/c1-6(4-10(14)16)15-11(17)8-5-7(12)2-3-9(8)13/h2-3,5-6H,4H2,1H3,(H2,14,16)(H,15,17). The summed E-state index contributed by atoms with van der Waals surface area (Å²) >= 11 is 3.15. The third-order valence-electron chi connectivity index (χ3n) is 2.06. The maximum absolute atomic E-state index is 13.4. The van der Waals surface area contributed by atoms with Crippen LogP contribution in [0.15, 0.2) is 22.7 Å². The Balaban J connectivity index is 2.76. The normalized spacial score (nSPS) is 11.9. The Morgan fingerprint density at radius 3 is 2.76 bits per heavy atom. The minimum Gasteiger partial charge on any atom is -0.370 e. The quantitative estimate of drug-likeness (QED) is 0.886. The van der Waals surface area contributed by atoms with Crippen LogP contribution in [0.25, 0.3) is 0 Å². The minimum atomic E-state index is -0.614. The highest BCUT2D eigenvalue weighted by molar-refractivity contribution is 9.10. The first-order valence-electron chi connectivity index (χ1n) is 4.94. The van der Waals surface area contributed by atoms with E-state index in [2.05, 4.69) is 21.2 Å². The number of amides is 2. The summed E-state index contributed by atoms with van der Waals surface area (Å²) < 4.78 is 14.0. The topological polar surface area (TPSA) is 72.2 Å². The maximum Gasteiger partial charge on any atom is 0.254 e. The van der Waals surface area contributed by atoms with Crippen molar-refractivity contribution in [2.75, 3.05) is 0 Å². The number of nitrogens with one attached hydrogen (secondary N) is 1. The summed E-state index contributed by atoms with van der Waals surface area (Å²) in [5, 5.41) is 2.49. The van der Waals surface area contributed by atoms with E-state index >= 15 is 0 Å². The van der Waals surface area contributed by atoms with E-state index in [1.54, 1.807) is 6.92 Å². The molecular formula is C11H12BrFN2O2. The summed E-state index contributed by atoms with van der Waals surface area (Å²) in [5.41, 5.74) is 4.92. The molecule has 1 aromatic carbocycles. The number of carbonyl (C=O) groups is 2. The number of halogens is 2. The van der Waals surface area contributed by atoms with Crippen molar-refractivity contribution in [2.24, 2.45) is 5.73 Å². The molecule has 0 aliphatic carbocycles. The molecular weight excluding hydrogens is 291 g/mol. The summed E-state index contributed by atoms with van der Waals surface area (Å²) in [6, 6.07) is 3.64. The maximum atomic E-state index is 13.4. The Labute approximate surface area is 107 Å². The first-order valence-corrected chi connectivity index (χ1v) is 5.73. The number of primary amides is 1. The van der Waals surface area contributed by atoms with Crippen LogP contribution in [0.5, 0.6) is 0 Å². The zero-order valence-corrected chi connectivity index (χ0v) is 10.8. The molecule has 1 aromatic rings. The van der Waals surface area contributed by atoms with Gasteiger partial charge in [0.25, 0.3) is 5.91 Å². The molecule has 0 bridgehead atoms. The van der Waals surface area contributed by atoms with Crippen molar-refractivity contribution in [1.82, 2.24) is 5.32 Å². The summed E-state index contributed by atoms with van der Waals surface area (Å²) in [4.78, 5) is 22.3. The van der Waals surface area contributed by atoms with Crippen molar-refractivity contribution in [2.45, 2.75) is 19.4 Å². The van der Waals surface area contributed by atoms with Gasteiger partial charge in [0, 0.05) is 16.9 Å². The van der Waals surface area contributed by atoms with Crippen LogP contribution in [-0.2, 0) is 4.79 Å². The van der Waals surface area contributed by atoms with E-state index < -0.39 is 23.7 Å². The lowest BCUT2D eigenvalue weighted by Crippen LogP contribution is -2.36. The first-order chi connectivity index (χ1) is 7.90. The van der Waals surface area contributed by atoms with Crippen LogP contribution in [0.2, 0.25) is 0 Å². The molecule has 0 radical (unpaired) electrons. The molecule has 1 rings (SSSR count). The van der Waals surface area contributed by atoms with Crippen LogP contribution in [0.3, 0.4) is 0 Å². The Hall–Kier alpha value is -1.43. The van der Waals surface area contributed by atoms with Gasteiger partial charge in [-0.3, -0.25) is 9.59 Å². The van der Waals surface area contributed by atoms with Crippen LogP contribution in [0, 0.1) is 5.82 Å². The lowest BCUT2D eigenvalue weighted by Gasteiger charge is -2.12. The third kappa shape index (κ3) is 4.14. The Morgan fingerprint density at radius 1 is 1.53 bits per heavy atom. The molecule has 0 aliphatic heterocycles. The van der Waals surface area contributed by atoms with E-state index in [0.29, 0.717) is 4.47 Å². The summed E-state index contributed by atoms with van der Waals surface area (Å²) in [6.07, 6.45) is 0.0152. The average Bonchev–Trinajstić information content (AvgIpc) is 2.20. The van der Waals surface area contributed by atoms with Gasteiger partial charge in [0.2, 0.25) is 5.91 Å². The molecule has 0 aliphatic rings. The Kier molecular flexibility index (Phi) is 4.62. The van der Waals surface area contributed by atoms with Crippen LogP contribution >= 0.6 is 15.9 Å². The molecule has 0 saturated heterocycles. The highest BCUT2D eigenvalue weighted by atomic mass is 79.9. The number of hydrogen-bond acceptors (Lipinski definition) is 2. The van der Waals surface area contributed by atoms with Crippen molar-refractivity contribution >= 4 is 27.7 Å². The van der Waals surface area contributed by atoms with Crippen LogP contribution in [0.4, 0.5) is 4.39 Å². The zero-order valence-electron chi connectivity index (χ0n) is 9.17. The number of benzene rings is 1. The fourth-order valence-electron chi connectivity index (χ4n) is 1.33. The van der Waals surface area contributed by atoms with Gasteiger partial charge in [0.1, 0.15) is 5.82 Å². The Morgan fingerprint density at radius 2 is 2.18 bits per heavy atom. The number of nitrogens with two attached hydrogens (primary N) is 1. The predicted molar refractivity (Wildman–Crippen MR) is 64.8 cm³/mol. The molecule has 1 atom stereocenters. The zero-order chi connectivity index (χ0) is 13.0. The molecule has 2 amide bonds. The molecule has 4 nitrogen and oxygen atoms in total. The van der Waals surface area contributed by atoms with Gasteiger partial charge in [0.05, 0.1) is 5.56 Å². The van der Waals surface area contributed by atoms with Gasteiger partial charge < -0.3 is 11.1 Å². The second kappa shape index (κ2) is 5.77. The van der Waals surface area contributed by atoms with Gasteiger partial charge in [-0.2, -0.15) is 0 Å². The summed E-state index contributed by atoms with van der Waals surface area (Å²) in [5.74, 6) is -1.71. The van der Waals surface area contributed by atoms with E-state index in [9.17, 15) is 14.0 Å².